The van der Waals surface area contributed by atoms with Crippen LogP contribution in [0.5, 0.6) is 5.75 Å². The number of fused-ring (bicyclic) bond motifs is 1. The first kappa shape index (κ1) is 21.1. The van der Waals surface area contributed by atoms with Crippen LogP contribution in [-0.2, 0) is 4.79 Å². The maximum Gasteiger partial charge on any atom is 0.262 e. The van der Waals surface area contributed by atoms with Gasteiger partial charge in [-0.3, -0.25) is 9.59 Å². The number of hydrogen-bond donors (Lipinski definition) is 1. The number of ether oxygens (including phenoxy) is 1. The number of hydrogen-bond acceptors (Lipinski definition) is 3. The van der Waals surface area contributed by atoms with Crippen molar-refractivity contribution in [2.45, 2.75) is 6.92 Å². The molecular weight excluding hydrogens is 400 g/mol. The molecule has 32 heavy (non-hydrogen) atoms. The maximum absolute atomic E-state index is 13.2. The minimum atomic E-state index is -0.265. The number of nitrogens with one attached hydrogen (secondary N) is 1. The van der Waals surface area contributed by atoms with E-state index in [-0.39, 0.29) is 18.4 Å². The van der Waals surface area contributed by atoms with Gasteiger partial charge in [-0.05, 0) is 54.8 Å². The summed E-state index contributed by atoms with van der Waals surface area (Å²) in [6.45, 7) is 2.42. The smallest absolute Gasteiger partial charge is 0.262 e. The predicted molar refractivity (Wildman–Crippen MR) is 128 cm³/mol. The second kappa shape index (κ2) is 9.79. The van der Waals surface area contributed by atoms with Crippen LogP contribution in [0.2, 0.25) is 0 Å². The summed E-state index contributed by atoms with van der Waals surface area (Å²) in [5.74, 6) is 0.282. The van der Waals surface area contributed by atoms with Crippen LogP contribution in [-0.4, -0.2) is 25.0 Å². The molecule has 4 aromatic rings. The zero-order valence-corrected chi connectivity index (χ0v) is 17.8. The van der Waals surface area contributed by atoms with Gasteiger partial charge in [0.15, 0.2) is 6.61 Å². The second-order valence-corrected chi connectivity index (χ2v) is 7.27. The summed E-state index contributed by atoms with van der Waals surface area (Å²) < 4.78 is 5.46. The number of carbonyl (C=O) groups excluding carboxylic acids is 2. The van der Waals surface area contributed by atoms with Crippen LogP contribution in [0.4, 0.5) is 11.4 Å². The Morgan fingerprint density at radius 1 is 0.812 bits per heavy atom. The third kappa shape index (κ3) is 4.78. The van der Waals surface area contributed by atoms with Gasteiger partial charge in [0.1, 0.15) is 5.75 Å². The Morgan fingerprint density at radius 2 is 1.50 bits per heavy atom. The number of nitrogens with zero attached hydrogens (tertiary/aromatic N) is 1. The molecule has 5 heteroatoms. The van der Waals surface area contributed by atoms with Gasteiger partial charge in [-0.25, -0.2) is 0 Å². The minimum Gasteiger partial charge on any atom is -0.484 e. The molecule has 0 atom stereocenters. The highest BCUT2D eigenvalue weighted by molar-refractivity contribution is 6.11. The molecular formula is C27H24N2O3. The van der Waals surface area contributed by atoms with Crippen molar-refractivity contribution < 1.29 is 14.3 Å². The van der Waals surface area contributed by atoms with Gasteiger partial charge in [0.2, 0.25) is 0 Å². The number of amides is 2. The Labute approximate surface area is 187 Å². The van der Waals surface area contributed by atoms with Crippen molar-refractivity contribution in [1.82, 2.24) is 0 Å². The van der Waals surface area contributed by atoms with Gasteiger partial charge in [-0.1, -0.05) is 54.6 Å². The number of carbonyl (C=O) groups is 2. The van der Waals surface area contributed by atoms with E-state index in [1.54, 1.807) is 41.3 Å². The molecule has 4 aromatic carbocycles. The first-order valence-corrected chi connectivity index (χ1v) is 10.5. The highest BCUT2D eigenvalue weighted by atomic mass is 16.5. The molecule has 0 aliphatic rings. The quantitative estimate of drug-likeness (QED) is 0.425. The Morgan fingerprint density at radius 3 is 2.25 bits per heavy atom. The average molecular weight is 425 g/mol. The minimum absolute atomic E-state index is 0.0879. The third-order valence-electron chi connectivity index (χ3n) is 5.15. The largest absolute Gasteiger partial charge is 0.484 e. The highest BCUT2D eigenvalue weighted by Gasteiger charge is 2.18. The summed E-state index contributed by atoms with van der Waals surface area (Å²) in [5.41, 5.74) is 2.04. The van der Waals surface area contributed by atoms with Gasteiger partial charge in [0.05, 0.1) is 5.69 Å². The van der Waals surface area contributed by atoms with Crippen LogP contribution in [0.15, 0.2) is 97.1 Å². The number of para-hydroxylation sites is 1. The molecule has 0 saturated heterocycles. The van der Waals surface area contributed by atoms with Gasteiger partial charge in [0.25, 0.3) is 11.8 Å². The summed E-state index contributed by atoms with van der Waals surface area (Å²) in [7, 11) is 0. The summed E-state index contributed by atoms with van der Waals surface area (Å²) in [6, 6.07) is 30.1. The molecule has 1 N–H and O–H groups in total. The Balaban J connectivity index is 1.44. The van der Waals surface area contributed by atoms with Gasteiger partial charge in [-0.2, -0.15) is 0 Å². The van der Waals surface area contributed by atoms with Crippen molar-refractivity contribution in [3.8, 4) is 5.75 Å². The van der Waals surface area contributed by atoms with Crippen molar-refractivity contribution in [3.05, 3.63) is 103 Å². The average Bonchev–Trinajstić information content (AvgIpc) is 2.84. The predicted octanol–water partition coefficient (Wildman–Crippen LogP) is 5.52. The van der Waals surface area contributed by atoms with Crippen molar-refractivity contribution >= 4 is 34.0 Å². The van der Waals surface area contributed by atoms with Crippen molar-refractivity contribution in [1.29, 1.82) is 0 Å². The van der Waals surface area contributed by atoms with E-state index in [1.807, 2.05) is 67.6 Å². The Kier molecular flexibility index (Phi) is 6.46. The van der Waals surface area contributed by atoms with Crippen LogP contribution >= 0.6 is 0 Å². The molecule has 4 rings (SSSR count). The van der Waals surface area contributed by atoms with E-state index in [9.17, 15) is 9.59 Å². The Bertz CT molecular complexity index is 1220. The monoisotopic (exact) mass is 424 g/mol. The molecule has 0 spiro atoms. The molecule has 0 aliphatic heterocycles. The topological polar surface area (TPSA) is 58.6 Å². The molecule has 0 fully saturated rings. The number of anilines is 2. The lowest BCUT2D eigenvalue weighted by atomic mass is 10.1. The van der Waals surface area contributed by atoms with E-state index in [2.05, 4.69) is 5.32 Å². The van der Waals surface area contributed by atoms with E-state index >= 15 is 0 Å². The summed E-state index contributed by atoms with van der Waals surface area (Å²) in [6.07, 6.45) is 0. The zero-order chi connectivity index (χ0) is 22.3. The standard InChI is InChI=1S/C27H24N2O3/c1-2-29(25-14-8-10-20-9-6-7-13-24(20)25)27(31)21-15-17-22(18-16-21)28-26(30)19-32-23-11-4-3-5-12-23/h3-18H,2,19H2,1H3,(H,28,30). The molecule has 0 heterocycles. The summed E-state index contributed by atoms with van der Waals surface area (Å²) in [4.78, 5) is 27.2. The van der Waals surface area contributed by atoms with Crippen LogP contribution in [0.1, 0.15) is 17.3 Å². The molecule has 160 valence electrons. The van der Waals surface area contributed by atoms with E-state index < -0.39 is 0 Å². The van der Waals surface area contributed by atoms with Crippen molar-refractivity contribution in [2.24, 2.45) is 0 Å². The molecule has 0 saturated carbocycles. The van der Waals surface area contributed by atoms with E-state index in [4.69, 9.17) is 4.74 Å². The zero-order valence-electron chi connectivity index (χ0n) is 17.8. The second-order valence-electron chi connectivity index (χ2n) is 7.27. The lowest BCUT2D eigenvalue weighted by Crippen LogP contribution is -2.30. The summed E-state index contributed by atoms with van der Waals surface area (Å²) in [5, 5.41) is 4.91. The van der Waals surface area contributed by atoms with Gasteiger partial charge >= 0.3 is 0 Å². The molecule has 0 aliphatic carbocycles. The van der Waals surface area contributed by atoms with E-state index in [0.29, 0.717) is 23.5 Å². The molecule has 0 aromatic heterocycles. The SMILES string of the molecule is CCN(C(=O)c1ccc(NC(=O)COc2ccccc2)cc1)c1cccc2ccccc12. The Hall–Kier alpha value is -4.12. The first-order chi connectivity index (χ1) is 15.7. The van der Waals surface area contributed by atoms with Gasteiger partial charge < -0.3 is 15.0 Å². The normalized spacial score (nSPS) is 10.5. The lowest BCUT2D eigenvalue weighted by Gasteiger charge is -2.23. The van der Waals surface area contributed by atoms with Gasteiger partial charge in [0, 0.05) is 23.2 Å². The highest BCUT2D eigenvalue weighted by Crippen LogP contribution is 2.28. The van der Waals surface area contributed by atoms with Crippen LogP contribution < -0.4 is 15.0 Å². The van der Waals surface area contributed by atoms with Crippen LogP contribution in [0.3, 0.4) is 0 Å². The maximum atomic E-state index is 13.2. The van der Waals surface area contributed by atoms with Crippen LogP contribution in [0, 0.1) is 0 Å². The first-order valence-electron chi connectivity index (χ1n) is 10.5. The molecule has 0 bridgehead atoms. The van der Waals surface area contributed by atoms with Crippen molar-refractivity contribution in [2.75, 3.05) is 23.4 Å². The van der Waals surface area contributed by atoms with Crippen LogP contribution in [0.25, 0.3) is 10.8 Å². The third-order valence-corrected chi connectivity index (χ3v) is 5.15. The van der Waals surface area contributed by atoms with E-state index in [0.717, 1.165) is 16.5 Å². The molecule has 0 unspecified atom stereocenters. The van der Waals surface area contributed by atoms with Gasteiger partial charge in [-0.15, -0.1) is 0 Å². The number of benzene rings is 4. The molecule has 5 nitrogen and oxygen atoms in total. The molecule has 0 radical (unpaired) electrons. The van der Waals surface area contributed by atoms with Crippen molar-refractivity contribution in [3.63, 3.8) is 0 Å². The fourth-order valence-corrected chi connectivity index (χ4v) is 3.58. The molecule has 2 amide bonds. The summed E-state index contributed by atoms with van der Waals surface area (Å²) >= 11 is 0. The number of rotatable bonds is 7. The lowest BCUT2D eigenvalue weighted by molar-refractivity contribution is -0.118. The fraction of sp³-hybridized carbons (Fsp3) is 0.111. The van der Waals surface area contributed by atoms with E-state index in [1.165, 1.54) is 0 Å². The fourth-order valence-electron chi connectivity index (χ4n) is 3.58.